The number of alkyl halides is 6. The fraction of sp³-hybridized carbons (Fsp3) is 0.350. The Morgan fingerprint density at radius 3 is 2.23 bits per heavy atom. The molecule has 1 aliphatic rings. The largest absolute Gasteiger partial charge is 0.476 e. The van der Waals surface area contributed by atoms with Gasteiger partial charge in [0.1, 0.15) is 37.2 Å². The number of pyridine rings is 1. The molecule has 35 heavy (non-hydrogen) atoms. The summed E-state index contributed by atoms with van der Waals surface area (Å²) in [6.07, 6.45) is -4.15. The predicted octanol–water partition coefficient (Wildman–Crippen LogP) is 4.09. The SMILES string of the molecule is NC1=N[C@](CF)(c2cc(N)ccc2F)COC1(CF)CF.O=C(O)c1ncc(C(F)(F)F)cc1Cl. The third-order valence-corrected chi connectivity index (χ3v) is 5.19. The highest BCUT2D eigenvalue weighted by Gasteiger charge is 2.48. The van der Waals surface area contributed by atoms with Gasteiger partial charge < -0.3 is 21.3 Å². The molecule has 0 radical (unpaired) electrons. The molecule has 0 unspecified atom stereocenters. The van der Waals surface area contributed by atoms with Gasteiger partial charge in [0.15, 0.2) is 11.3 Å². The minimum atomic E-state index is -4.58. The number of carboxylic acids is 1. The number of benzene rings is 1. The first-order valence-electron chi connectivity index (χ1n) is 9.44. The van der Waals surface area contributed by atoms with E-state index in [2.05, 4.69) is 9.98 Å². The van der Waals surface area contributed by atoms with Gasteiger partial charge in [-0.1, -0.05) is 11.6 Å². The number of aliphatic imine (C=N–C) groups is 1. The Morgan fingerprint density at radius 2 is 1.77 bits per heavy atom. The first kappa shape index (κ1) is 28.1. The Balaban J connectivity index is 0.000000269. The summed E-state index contributed by atoms with van der Waals surface area (Å²) in [4.78, 5) is 17.3. The average Bonchev–Trinajstić information content (AvgIpc) is 2.80. The molecule has 5 N–H and O–H groups in total. The van der Waals surface area contributed by atoms with E-state index >= 15 is 0 Å². The molecule has 0 saturated heterocycles. The van der Waals surface area contributed by atoms with Crippen LogP contribution in [0.15, 0.2) is 35.5 Å². The van der Waals surface area contributed by atoms with Crippen molar-refractivity contribution < 1.29 is 45.4 Å². The van der Waals surface area contributed by atoms with Crippen molar-refractivity contribution in [3.8, 4) is 0 Å². The number of carboxylic acid groups (broad SMARTS) is 1. The van der Waals surface area contributed by atoms with E-state index in [0.29, 0.717) is 12.3 Å². The maximum absolute atomic E-state index is 13.9. The lowest BCUT2D eigenvalue weighted by molar-refractivity contribution is -0.137. The van der Waals surface area contributed by atoms with Crippen molar-refractivity contribution in [3.05, 3.63) is 58.1 Å². The molecule has 7 nitrogen and oxygen atoms in total. The first-order chi connectivity index (χ1) is 16.2. The van der Waals surface area contributed by atoms with Crippen molar-refractivity contribution in [2.75, 3.05) is 32.4 Å². The molecule has 2 heterocycles. The van der Waals surface area contributed by atoms with Crippen molar-refractivity contribution >= 4 is 29.1 Å². The van der Waals surface area contributed by atoms with Crippen LogP contribution >= 0.6 is 11.6 Å². The molecule has 192 valence electrons. The molecule has 15 heteroatoms. The van der Waals surface area contributed by atoms with Crippen LogP contribution in [-0.4, -0.2) is 54.1 Å². The first-order valence-corrected chi connectivity index (χ1v) is 9.82. The molecule has 0 saturated carbocycles. The van der Waals surface area contributed by atoms with Crippen LogP contribution in [0.25, 0.3) is 0 Å². The second kappa shape index (κ2) is 10.6. The van der Waals surface area contributed by atoms with E-state index < -0.39 is 77.8 Å². The van der Waals surface area contributed by atoms with Gasteiger partial charge in [-0.15, -0.1) is 0 Å². The van der Waals surface area contributed by atoms with E-state index in [1.54, 1.807) is 0 Å². The van der Waals surface area contributed by atoms with Crippen LogP contribution in [0.4, 0.5) is 36.4 Å². The van der Waals surface area contributed by atoms with Gasteiger partial charge in [-0.25, -0.2) is 27.3 Å². The van der Waals surface area contributed by atoms with Gasteiger partial charge in [-0.3, -0.25) is 4.99 Å². The van der Waals surface area contributed by atoms with Crippen LogP contribution in [0.2, 0.25) is 5.02 Å². The molecular weight excluding hydrogens is 513 g/mol. The lowest BCUT2D eigenvalue weighted by Crippen LogP contribution is -2.58. The number of aromatic carboxylic acids is 1. The number of halogens is 8. The Labute approximate surface area is 198 Å². The zero-order valence-corrected chi connectivity index (χ0v) is 18.3. The summed E-state index contributed by atoms with van der Waals surface area (Å²) >= 11 is 5.29. The van der Waals surface area contributed by atoms with Crippen LogP contribution in [0.1, 0.15) is 21.6 Å². The zero-order valence-electron chi connectivity index (χ0n) is 17.6. The summed E-state index contributed by atoms with van der Waals surface area (Å²) in [6.45, 7) is -4.19. The van der Waals surface area contributed by atoms with E-state index in [9.17, 15) is 35.5 Å². The van der Waals surface area contributed by atoms with E-state index in [1.807, 2.05) is 0 Å². The number of hydrogen-bond acceptors (Lipinski definition) is 6. The third kappa shape index (κ3) is 5.93. The molecule has 1 aromatic heterocycles. The fourth-order valence-corrected chi connectivity index (χ4v) is 3.12. The Morgan fingerprint density at radius 1 is 1.14 bits per heavy atom. The summed E-state index contributed by atoms with van der Waals surface area (Å²) in [6, 6.07) is 4.08. The number of nitrogens with two attached hydrogens (primary N) is 2. The number of carbonyl (C=O) groups is 1. The number of amidine groups is 1. The normalized spacial score (nSPS) is 19.4. The monoisotopic (exact) mass is 530 g/mol. The number of rotatable bonds is 5. The number of hydrogen-bond donors (Lipinski definition) is 3. The van der Waals surface area contributed by atoms with Crippen molar-refractivity contribution in [1.29, 1.82) is 0 Å². The van der Waals surface area contributed by atoms with E-state index in [-0.39, 0.29) is 11.3 Å². The standard InChI is InChI=1S/C13H15F4N3O.C7H3ClF3NO2/c14-4-12(9-3-8(18)1-2-10(9)17)7-21-13(5-15,6-16)11(19)20-12;8-4-1-3(7(9,10)11)2-12-5(4)6(13)14/h1-3H,4-7,18H2,(H2,19,20);1-2H,(H,13,14)/t12-;/m0./s1. The molecule has 1 aromatic carbocycles. The quantitative estimate of drug-likeness (QED) is 0.395. The minimum absolute atomic E-state index is 0.167. The van der Waals surface area contributed by atoms with Crippen LogP contribution in [0, 0.1) is 5.82 Å². The van der Waals surface area contributed by atoms with E-state index in [1.165, 1.54) is 12.1 Å². The lowest BCUT2D eigenvalue weighted by atomic mass is 9.89. The number of anilines is 1. The summed E-state index contributed by atoms with van der Waals surface area (Å²) in [5, 5.41) is 7.90. The molecule has 0 amide bonds. The van der Waals surface area contributed by atoms with Crippen molar-refractivity contribution in [3.63, 3.8) is 0 Å². The summed E-state index contributed by atoms with van der Waals surface area (Å²) in [5.74, 6) is -2.77. The third-order valence-electron chi connectivity index (χ3n) is 4.90. The molecule has 0 aliphatic carbocycles. The van der Waals surface area contributed by atoms with Crippen LogP contribution in [0.3, 0.4) is 0 Å². The maximum Gasteiger partial charge on any atom is 0.417 e. The van der Waals surface area contributed by atoms with Gasteiger partial charge in [-0.05, 0) is 24.3 Å². The topological polar surface area (TPSA) is 124 Å². The highest BCUT2D eigenvalue weighted by molar-refractivity contribution is 6.33. The van der Waals surface area contributed by atoms with Gasteiger partial charge in [0.05, 0.1) is 17.2 Å². The van der Waals surface area contributed by atoms with Crippen LogP contribution in [-0.2, 0) is 16.5 Å². The number of nitrogens with zero attached hydrogens (tertiary/aromatic N) is 2. The van der Waals surface area contributed by atoms with Gasteiger partial charge in [0, 0.05) is 17.4 Å². The van der Waals surface area contributed by atoms with Gasteiger partial charge in [0.25, 0.3) is 0 Å². The van der Waals surface area contributed by atoms with E-state index in [0.717, 1.165) is 6.07 Å². The minimum Gasteiger partial charge on any atom is -0.476 e. The highest BCUT2D eigenvalue weighted by Crippen LogP contribution is 2.36. The number of nitrogen functional groups attached to an aromatic ring is 1. The molecule has 0 spiro atoms. The van der Waals surface area contributed by atoms with E-state index in [4.69, 9.17) is 32.9 Å². The molecule has 1 aliphatic heterocycles. The van der Waals surface area contributed by atoms with Gasteiger partial charge in [0.2, 0.25) is 0 Å². The average molecular weight is 531 g/mol. The van der Waals surface area contributed by atoms with Crippen molar-refractivity contribution in [2.45, 2.75) is 17.3 Å². The Bertz CT molecular complexity index is 1110. The second-order valence-electron chi connectivity index (χ2n) is 7.31. The van der Waals surface area contributed by atoms with Crippen LogP contribution < -0.4 is 11.5 Å². The zero-order chi connectivity index (χ0) is 26.6. The Kier molecular flexibility index (Phi) is 8.55. The molecule has 2 aromatic rings. The second-order valence-corrected chi connectivity index (χ2v) is 7.72. The summed E-state index contributed by atoms with van der Waals surface area (Å²) in [7, 11) is 0. The van der Waals surface area contributed by atoms with Crippen LogP contribution in [0.5, 0.6) is 0 Å². The predicted molar refractivity (Wildman–Crippen MR) is 112 cm³/mol. The summed E-state index contributed by atoms with van der Waals surface area (Å²) in [5.41, 5.74) is 5.62. The molecule has 0 bridgehead atoms. The van der Waals surface area contributed by atoms with Crippen molar-refractivity contribution in [2.24, 2.45) is 10.7 Å². The molecule has 1 atom stereocenters. The highest BCUT2D eigenvalue weighted by atomic mass is 35.5. The lowest BCUT2D eigenvalue weighted by Gasteiger charge is -2.39. The number of aromatic nitrogens is 1. The number of ether oxygens (including phenoxy) is 1. The Hall–Kier alpha value is -3.13. The fourth-order valence-electron chi connectivity index (χ4n) is 2.87. The molecular formula is C20H18ClF7N4O3. The smallest absolute Gasteiger partial charge is 0.417 e. The maximum atomic E-state index is 13.9. The summed E-state index contributed by atoms with van der Waals surface area (Å²) < 4.78 is 94.6. The molecule has 0 fully saturated rings. The van der Waals surface area contributed by atoms with Gasteiger partial charge >= 0.3 is 12.1 Å². The van der Waals surface area contributed by atoms with Gasteiger partial charge in [-0.2, -0.15) is 13.2 Å². The van der Waals surface area contributed by atoms with Crippen molar-refractivity contribution in [1.82, 2.24) is 4.98 Å². The molecule has 3 rings (SSSR count).